The smallest absolute Gasteiger partial charge is 0.226 e. The quantitative estimate of drug-likeness (QED) is 0.831. The van der Waals surface area contributed by atoms with Gasteiger partial charge in [0.2, 0.25) is 5.91 Å². The number of hydrogen-bond donors (Lipinski definition) is 0. The number of aryl methyl sites for hydroxylation is 1. The first-order valence-corrected chi connectivity index (χ1v) is 9.17. The lowest BCUT2D eigenvalue weighted by Gasteiger charge is -2.37. The van der Waals surface area contributed by atoms with Crippen molar-refractivity contribution in [3.8, 4) is 0 Å². The van der Waals surface area contributed by atoms with Crippen molar-refractivity contribution in [1.82, 2.24) is 9.80 Å². The molecule has 1 saturated heterocycles. The van der Waals surface area contributed by atoms with Gasteiger partial charge in [-0.25, -0.2) is 0 Å². The topological polar surface area (TPSA) is 23.6 Å². The molecule has 2 aliphatic rings. The monoisotopic (exact) mass is 314 g/mol. The van der Waals surface area contributed by atoms with Gasteiger partial charge in [-0.3, -0.25) is 4.79 Å². The summed E-state index contributed by atoms with van der Waals surface area (Å²) >= 11 is 0. The zero-order chi connectivity index (χ0) is 16.4. The Morgan fingerprint density at radius 2 is 1.83 bits per heavy atom. The Morgan fingerprint density at radius 1 is 1.17 bits per heavy atom. The maximum atomic E-state index is 13.1. The van der Waals surface area contributed by atoms with Gasteiger partial charge in [0.25, 0.3) is 0 Å². The molecule has 0 radical (unpaired) electrons. The minimum absolute atomic E-state index is 0.219. The minimum atomic E-state index is 0.219. The standard InChI is InChI=1S/C20H30N2O/c1-4-16-5-7-17(8-6-16)14-22(19-9-10-19)20(23)18-11-12-21(3)15(2)13-18/h5-8,15,18-19H,4,9-14H2,1-3H3/t15-,18-/m0/s1. The fourth-order valence-electron chi connectivity index (χ4n) is 3.60. The SMILES string of the molecule is CCc1ccc(CN(C(=O)[C@H]2CCN(C)[C@@H](C)C2)C2CC2)cc1. The molecule has 3 nitrogen and oxygen atoms in total. The van der Waals surface area contributed by atoms with Crippen LogP contribution in [0.2, 0.25) is 0 Å². The van der Waals surface area contributed by atoms with Crippen molar-refractivity contribution in [2.24, 2.45) is 5.92 Å². The lowest BCUT2D eigenvalue weighted by Crippen LogP contribution is -2.45. The molecule has 0 aromatic heterocycles. The number of likely N-dealkylation sites (tertiary alicyclic amines) is 1. The molecule has 1 saturated carbocycles. The van der Waals surface area contributed by atoms with Crippen LogP contribution in [0.15, 0.2) is 24.3 Å². The largest absolute Gasteiger partial charge is 0.335 e. The first-order chi connectivity index (χ1) is 11.1. The highest BCUT2D eigenvalue weighted by molar-refractivity contribution is 5.79. The van der Waals surface area contributed by atoms with E-state index in [1.807, 2.05) is 0 Å². The summed E-state index contributed by atoms with van der Waals surface area (Å²) in [4.78, 5) is 17.6. The van der Waals surface area contributed by atoms with Crippen molar-refractivity contribution in [3.63, 3.8) is 0 Å². The van der Waals surface area contributed by atoms with Crippen LogP contribution < -0.4 is 0 Å². The van der Waals surface area contributed by atoms with Crippen molar-refractivity contribution in [2.75, 3.05) is 13.6 Å². The van der Waals surface area contributed by atoms with Crippen molar-refractivity contribution in [1.29, 1.82) is 0 Å². The molecular formula is C20H30N2O. The summed E-state index contributed by atoms with van der Waals surface area (Å²) in [6.45, 7) is 6.25. The fourth-order valence-corrected chi connectivity index (χ4v) is 3.60. The molecule has 0 N–H and O–H groups in total. The van der Waals surface area contributed by atoms with Crippen LogP contribution in [-0.2, 0) is 17.8 Å². The average molecular weight is 314 g/mol. The molecule has 1 heterocycles. The van der Waals surface area contributed by atoms with E-state index in [1.165, 1.54) is 24.0 Å². The van der Waals surface area contributed by atoms with E-state index < -0.39 is 0 Å². The molecule has 2 fully saturated rings. The summed E-state index contributed by atoms with van der Waals surface area (Å²) in [7, 11) is 2.17. The Kier molecular flexibility index (Phi) is 5.05. The summed E-state index contributed by atoms with van der Waals surface area (Å²) in [5.74, 6) is 0.615. The van der Waals surface area contributed by atoms with E-state index in [0.29, 0.717) is 18.0 Å². The predicted molar refractivity (Wildman–Crippen MR) is 94.2 cm³/mol. The molecule has 0 unspecified atom stereocenters. The summed E-state index contributed by atoms with van der Waals surface area (Å²) in [5, 5.41) is 0. The van der Waals surface area contributed by atoms with Crippen molar-refractivity contribution in [3.05, 3.63) is 35.4 Å². The van der Waals surface area contributed by atoms with Crippen LogP contribution >= 0.6 is 0 Å². The Labute approximate surface area is 140 Å². The Morgan fingerprint density at radius 3 is 2.39 bits per heavy atom. The van der Waals surface area contributed by atoms with Gasteiger partial charge in [0, 0.05) is 24.5 Å². The summed E-state index contributed by atoms with van der Waals surface area (Å²) in [6, 6.07) is 9.79. The lowest BCUT2D eigenvalue weighted by molar-refractivity contribution is -0.138. The normalized spacial score (nSPS) is 25.3. The molecule has 3 rings (SSSR count). The molecule has 126 valence electrons. The summed E-state index contributed by atoms with van der Waals surface area (Å²) in [5.41, 5.74) is 2.63. The Hall–Kier alpha value is -1.35. The highest BCUT2D eigenvalue weighted by Crippen LogP contribution is 2.32. The number of benzene rings is 1. The van der Waals surface area contributed by atoms with E-state index in [4.69, 9.17) is 0 Å². The number of carbonyl (C=O) groups excluding carboxylic acids is 1. The number of rotatable bonds is 5. The van der Waals surface area contributed by atoms with Crippen LogP contribution in [0.5, 0.6) is 0 Å². The average Bonchev–Trinajstić information content (AvgIpc) is 3.40. The third kappa shape index (κ3) is 3.95. The van der Waals surface area contributed by atoms with Crippen molar-refractivity contribution >= 4 is 5.91 Å². The molecule has 1 amide bonds. The van der Waals surface area contributed by atoms with Gasteiger partial charge in [0.15, 0.2) is 0 Å². The highest BCUT2D eigenvalue weighted by atomic mass is 16.2. The lowest BCUT2D eigenvalue weighted by atomic mass is 9.90. The van der Waals surface area contributed by atoms with E-state index in [0.717, 1.165) is 32.4 Å². The fraction of sp³-hybridized carbons (Fsp3) is 0.650. The molecular weight excluding hydrogens is 284 g/mol. The molecule has 1 aliphatic heterocycles. The van der Waals surface area contributed by atoms with E-state index in [2.05, 4.69) is 55.0 Å². The number of hydrogen-bond acceptors (Lipinski definition) is 2. The zero-order valence-electron chi connectivity index (χ0n) is 14.8. The van der Waals surface area contributed by atoms with Crippen LogP contribution in [0, 0.1) is 5.92 Å². The van der Waals surface area contributed by atoms with E-state index in [1.54, 1.807) is 0 Å². The Bertz CT molecular complexity index is 535. The van der Waals surface area contributed by atoms with Gasteiger partial charge in [-0.15, -0.1) is 0 Å². The number of nitrogens with zero attached hydrogens (tertiary/aromatic N) is 2. The van der Waals surface area contributed by atoms with Gasteiger partial charge in [0.1, 0.15) is 0 Å². The number of piperidine rings is 1. The molecule has 1 aromatic carbocycles. The number of carbonyl (C=O) groups is 1. The molecule has 2 atom stereocenters. The van der Waals surface area contributed by atoms with Crippen LogP contribution in [-0.4, -0.2) is 41.4 Å². The summed E-state index contributed by atoms with van der Waals surface area (Å²) in [6.07, 6.45) is 5.45. The summed E-state index contributed by atoms with van der Waals surface area (Å²) < 4.78 is 0. The predicted octanol–water partition coefficient (Wildman–Crippen LogP) is 3.47. The Balaban J connectivity index is 1.67. The highest BCUT2D eigenvalue weighted by Gasteiger charge is 2.37. The van der Waals surface area contributed by atoms with Crippen molar-refractivity contribution < 1.29 is 4.79 Å². The van der Waals surface area contributed by atoms with Gasteiger partial charge >= 0.3 is 0 Å². The molecule has 0 bridgehead atoms. The van der Waals surface area contributed by atoms with Crippen LogP contribution in [0.3, 0.4) is 0 Å². The van der Waals surface area contributed by atoms with Crippen LogP contribution in [0.1, 0.15) is 50.7 Å². The van der Waals surface area contributed by atoms with Gasteiger partial charge in [-0.2, -0.15) is 0 Å². The minimum Gasteiger partial charge on any atom is -0.335 e. The molecule has 23 heavy (non-hydrogen) atoms. The maximum Gasteiger partial charge on any atom is 0.226 e. The van der Waals surface area contributed by atoms with E-state index >= 15 is 0 Å². The van der Waals surface area contributed by atoms with Gasteiger partial charge < -0.3 is 9.80 Å². The second-order valence-electron chi connectivity index (χ2n) is 7.42. The molecule has 1 aliphatic carbocycles. The molecule has 1 aromatic rings. The van der Waals surface area contributed by atoms with Crippen LogP contribution in [0.4, 0.5) is 0 Å². The van der Waals surface area contributed by atoms with E-state index in [9.17, 15) is 4.79 Å². The van der Waals surface area contributed by atoms with Gasteiger partial charge in [-0.1, -0.05) is 31.2 Å². The van der Waals surface area contributed by atoms with E-state index in [-0.39, 0.29) is 5.92 Å². The third-order valence-electron chi connectivity index (χ3n) is 5.61. The van der Waals surface area contributed by atoms with Gasteiger partial charge in [0.05, 0.1) is 0 Å². The third-order valence-corrected chi connectivity index (χ3v) is 5.61. The second kappa shape index (κ2) is 7.04. The van der Waals surface area contributed by atoms with Crippen LogP contribution in [0.25, 0.3) is 0 Å². The van der Waals surface area contributed by atoms with Crippen molar-refractivity contribution in [2.45, 2.75) is 64.6 Å². The number of amides is 1. The molecule has 3 heteroatoms. The second-order valence-corrected chi connectivity index (χ2v) is 7.42. The first-order valence-electron chi connectivity index (χ1n) is 9.17. The first kappa shape index (κ1) is 16.5. The molecule has 0 spiro atoms. The zero-order valence-corrected chi connectivity index (χ0v) is 14.8. The van der Waals surface area contributed by atoms with Gasteiger partial charge in [-0.05, 0) is 63.7 Å². The maximum absolute atomic E-state index is 13.1.